The lowest BCUT2D eigenvalue weighted by atomic mass is 10.1. The second-order valence-corrected chi connectivity index (χ2v) is 6.06. The lowest BCUT2D eigenvalue weighted by Gasteiger charge is -2.31. The smallest absolute Gasteiger partial charge is 0.257 e. The molecule has 21 heavy (non-hydrogen) atoms. The molecule has 1 aliphatic rings. The first-order chi connectivity index (χ1) is 10.0. The van der Waals surface area contributed by atoms with E-state index in [0.29, 0.717) is 12.5 Å². The molecule has 1 saturated carbocycles. The average Bonchev–Trinajstić information content (AvgIpc) is 2.98. The molecule has 1 heterocycles. The zero-order valence-electron chi connectivity index (χ0n) is 13.0. The fraction of sp³-hybridized carbons (Fsp3) is 0.625. The van der Waals surface area contributed by atoms with E-state index in [-0.39, 0.29) is 23.3 Å². The normalized spacial score (nSPS) is 15.5. The van der Waals surface area contributed by atoms with Crippen LogP contribution >= 0.6 is 0 Å². The van der Waals surface area contributed by atoms with Gasteiger partial charge in [0, 0.05) is 25.8 Å². The number of hydrogen-bond donors (Lipinski definition) is 1. The van der Waals surface area contributed by atoms with Gasteiger partial charge in [0.2, 0.25) is 0 Å². The molecule has 1 aliphatic carbocycles. The molecule has 1 aromatic rings. The van der Waals surface area contributed by atoms with Crippen molar-refractivity contribution in [2.24, 2.45) is 5.92 Å². The van der Waals surface area contributed by atoms with Gasteiger partial charge in [-0.25, -0.2) is 9.37 Å². The van der Waals surface area contributed by atoms with Gasteiger partial charge >= 0.3 is 0 Å². The number of pyridine rings is 1. The third-order valence-corrected chi connectivity index (χ3v) is 3.94. The highest BCUT2D eigenvalue weighted by Gasteiger charge is 2.29. The molecule has 0 radical (unpaired) electrons. The molecule has 1 N–H and O–H groups in total. The molecule has 0 unspecified atom stereocenters. The van der Waals surface area contributed by atoms with E-state index in [4.69, 9.17) is 0 Å². The van der Waals surface area contributed by atoms with Gasteiger partial charge in [0.1, 0.15) is 0 Å². The first-order valence-corrected chi connectivity index (χ1v) is 7.67. The largest absolute Gasteiger partial charge is 0.371 e. The highest BCUT2D eigenvalue weighted by Crippen LogP contribution is 2.27. The SMILES string of the molecule is CNc1nccc(C(=O)N(CC(C)C)C2CCCC2)c1F. The predicted molar refractivity (Wildman–Crippen MR) is 81.9 cm³/mol. The molecular formula is C16H24FN3O. The number of rotatable bonds is 5. The maximum atomic E-state index is 14.3. The van der Waals surface area contributed by atoms with E-state index in [1.165, 1.54) is 12.3 Å². The zero-order valence-corrected chi connectivity index (χ0v) is 13.0. The van der Waals surface area contributed by atoms with Crippen LogP contribution in [-0.2, 0) is 0 Å². The Bertz CT molecular complexity index is 498. The van der Waals surface area contributed by atoms with Crippen LogP contribution in [0.2, 0.25) is 0 Å². The Morgan fingerprint density at radius 1 is 1.48 bits per heavy atom. The Morgan fingerprint density at radius 3 is 2.71 bits per heavy atom. The van der Waals surface area contributed by atoms with Crippen LogP contribution in [-0.4, -0.2) is 35.4 Å². The van der Waals surface area contributed by atoms with Gasteiger partial charge < -0.3 is 10.2 Å². The summed E-state index contributed by atoms with van der Waals surface area (Å²) < 4.78 is 14.3. The molecule has 1 aromatic heterocycles. The number of amides is 1. The fourth-order valence-corrected chi connectivity index (χ4v) is 2.95. The molecule has 0 saturated heterocycles. The number of anilines is 1. The maximum Gasteiger partial charge on any atom is 0.257 e. The summed E-state index contributed by atoms with van der Waals surface area (Å²) in [7, 11) is 1.60. The monoisotopic (exact) mass is 293 g/mol. The van der Waals surface area contributed by atoms with Gasteiger partial charge in [-0.1, -0.05) is 26.7 Å². The first-order valence-electron chi connectivity index (χ1n) is 7.67. The average molecular weight is 293 g/mol. The van der Waals surface area contributed by atoms with Gasteiger partial charge in [-0.05, 0) is 24.8 Å². The molecule has 0 atom stereocenters. The van der Waals surface area contributed by atoms with E-state index in [9.17, 15) is 9.18 Å². The van der Waals surface area contributed by atoms with E-state index in [2.05, 4.69) is 24.1 Å². The van der Waals surface area contributed by atoms with Crippen LogP contribution in [0.3, 0.4) is 0 Å². The van der Waals surface area contributed by atoms with Gasteiger partial charge in [0.15, 0.2) is 11.6 Å². The lowest BCUT2D eigenvalue weighted by Crippen LogP contribution is -2.41. The van der Waals surface area contributed by atoms with Crippen LogP contribution in [0, 0.1) is 11.7 Å². The Balaban J connectivity index is 2.29. The second kappa shape index (κ2) is 6.87. The minimum Gasteiger partial charge on any atom is -0.371 e. The molecule has 116 valence electrons. The van der Waals surface area contributed by atoms with Crippen LogP contribution in [0.25, 0.3) is 0 Å². The van der Waals surface area contributed by atoms with Gasteiger partial charge in [0.25, 0.3) is 5.91 Å². The number of halogens is 1. The molecule has 0 spiro atoms. The molecule has 5 heteroatoms. The summed E-state index contributed by atoms with van der Waals surface area (Å²) in [5, 5.41) is 2.68. The Hall–Kier alpha value is -1.65. The molecule has 2 rings (SSSR count). The molecule has 0 aromatic carbocycles. The lowest BCUT2D eigenvalue weighted by molar-refractivity contribution is 0.0650. The van der Waals surface area contributed by atoms with Crippen molar-refractivity contribution in [3.05, 3.63) is 23.6 Å². The molecule has 1 amide bonds. The third-order valence-electron chi connectivity index (χ3n) is 3.94. The zero-order chi connectivity index (χ0) is 15.4. The summed E-state index contributed by atoms with van der Waals surface area (Å²) in [6.07, 6.45) is 5.80. The highest BCUT2D eigenvalue weighted by molar-refractivity contribution is 5.95. The van der Waals surface area contributed by atoms with Crippen LogP contribution in [0.1, 0.15) is 49.9 Å². The van der Waals surface area contributed by atoms with Crippen LogP contribution in [0.15, 0.2) is 12.3 Å². The van der Waals surface area contributed by atoms with Crippen molar-refractivity contribution in [1.82, 2.24) is 9.88 Å². The number of carbonyl (C=O) groups excluding carboxylic acids is 1. The number of hydrogen-bond acceptors (Lipinski definition) is 3. The van der Waals surface area contributed by atoms with Crippen molar-refractivity contribution in [3.8, 4) is 0 Å². The summed E-state index contributed by atoms with van der Waals surface area (Å²) in [5.74, 6) is -0.288. The van der Waals surface area contributed by atoms with Crippen LogP contribution in [0.5, 0.6) is 0 Å². The highest BCUT2D eigenvalue weighted by atomic mass is 19.1. The molecule has 0 bridgehead atoms. The summed E-state index contributed by atoms with van der Waals surface area (Å²) in [6, 6.07) is 1.71. The van der Waals surface area contributed by atoms with Gasteiger partial charge in [-0.2, -0.15) is 0 Å². The molecule has 1 fully saturated rings. The number of aromatic nitrogens is 1. The minimum atomic E-state index is -0.559. The second-order valence-electron chi connectivity index (χ2n) is 6.06. The van der Waals surface area contributed by atoms with E-state index in [1.54, 1.807) is 7.05 Å². The molecule has 0 aliphatic heterocycles. The topological polar surface area (TPSA) is 45.2 Å². The fourth-order valence-electron chi connectivity index (χ4n) is 2.95. The maximum absolute atomic E-state index is 14.3. The van der Waals surface area contributed by atoms with Crippen molar-refractivity contribution < 1.29 is 9.18 Å². The minimum absolute atomic E-state index is 0.113. The molecular weight excluding hydrogens is 269 g/mol. The Morgan fingerprint density at radius 2 is 2.14 bits per heavy atom. The number of nitrogens with one attached hydrogen (secondary N) is 1. The summed E-state index contributed by atoms with van der Waals surface area (Å²) in [6.45, 7) is 4.83. The Labute approximate surface area is 125 Å². The summed E-state index contributed by atoms with van der Waals surface area (Å²) in [4.78, 5) is 18.5. The van der Waals surface area contributed by atoms with Crippen molar-refractivity contribution in [1.29, 1.82) is 0 Å². The van der Waals surface area contributed by atoms with Gasteiger partial charge in [-0.3, -0.25) is 4.79 Å². The summed E-state index contributed by atoms with van der Waals surface area (Å²) in [5.41, 5.74) is 0.113. The van der Waals surface area contributed by atoms with Gasteiger partial charge in [-0.15, -0.1) is 0 Å². The number of nitrogens with zero attached hydrogens (tertiary/aromatic N) is 2. The van der Waals surface area contributed by atoms with Gasteiger partial charge in [0.05, 0.1) is 5.56 Å². The van der Waals surface area contributed by atoms with Crippen LogP contribution < -0.4 is 5.32 Å². The van der Waals surface area contributed by atoms with Crippen molar-refractivity contribution in [2.75, 3.05) is 18.9 Å². The predicted octanol–water partition coefficient (Wildman–Crippen LogP) is 3.30. The van der Waals surface area contributed by atoms with E-state index in [1.807, 2.05) is 4.90 Å². The quantitative estimate of drug-likeness (QED) is 0.906. The molecule has 4 nitrogen and oxygen atoms in total. The van der Waals surface area contributed by atoms with Crippen LogP contribution in [0.4, 0.5) is 10.2 Å². The van der Waals surface area contributed by atoms with Crippen molar-refractivity contribution in [2.45, 2.75) is 45.6 Å². The third kappa shape index (κ3) is 3.52. The van der Waals surface area contributed by atoms with E-state index in [0.717, 1.165) is 25.7 Å². The summed E-state index contributed by atoms with van der Waals surface area (Å²) >= 11 is 0. The Kier molecular flexibility index (Phi) is 5.15. The van der Waals surface area contributed by atoms with Crippen molar-refractivity contribution in [3.63, 3.8) is 0 Å². The van der Waals surface area contributed by atoms with E-state index >= 15 is 0 Å². The first kappa shape index (κ1) is 15.7. The number of carbonyl (C=O) groups is 1. The van der Waals surface area contributed by atoms with Crippen molar-refractivity contribution >= 4 is 11.7 Å². The standard InChI is InChI=1S/C16H24FN3O/c1-11(2)10-20(12-6-4-5-7-12)16(21)13-8-9-19-15(18-3)14(13)17/h8-9,11-12H,4-7,10H2,1-3H3,(H,18,19). The van der Waals surface area contributed by atoms with E-state index < -0.39 is 5.82 Å².